The average Bonchev–Trinajstić information content (AvgIpc) is 2.69. The highest BCUT2D eigenvalue weighted by Gasteiger charge is 2.34. The number of hydrogen-bond acceptors (Lipinski definition) is 5. The predicted octanol–water partition coefficient (Wildman–Crippen LogP) is 3.38. The summed E-state index contributed by atoms with van der Waals surface area (Å²) in [4.78, 5) is 2.28. The second-order valence-corrected chi connectivity index (χ2v) is 6.58. The van der Waals surface area contributed by atoms with Crippen LogP contribution in [0, 0.1) is 0 Å². The highest BCUT2D eigenvalue weighted by Crippen LogP contribution is 2.45. The molecular formula is C21H25NO4. The quantitative estimate of drug-likeness (QED) is 0.835. The first kappa shape index (κ1) is 11.3. The van der Waals surface area contributed by atoms with Gasteiger partial charge in [-0.3, -0.25) is 4.90 Å². The van der Waals surface area contributed by atoms with Crippen molar-refractivity contribution in [3.05, 3.63) is 46.5 Å². The van der Waals surface area contributed by atoms with Crippen molar-refractivity contribution in [3.63, 3.8) is 0 Å². The lowest BCUT2D eigenvalue weighted by molar-refractivity contribution is 0.157. The van der Waals surface area contributed by atoms with Gasteiger partial charge in [0, 0.05) is 24.7 Å². The molecule has 0 aromatic heterocycles. The van der Waals surface area contributed by atoms with Crippen molar-refractivity contribution < 1.29 is 27.2 Å². The molecule has 0 aliphatic carbocycles. The fraction of sp³-hybridized carbons (Fsp3) is 0.429. The van der Waals surface area contributed by atoms with E-state index in [4.69, 9.17) is 27.2 Å². The number of nitrogens with zero attached hydrogens (tertiary/aromatic N) is 1. The SMILES string of the molecule is [2H]C([2H])([2H])Oc1cc2c(cc1OC)CCN1Cc3c(ccc(OC([2H])([2H])[2H])c3OC)CC21. The van der Waals surface area contributed by atoms with E-state index in [9.17, 15) is 0 Å². The molecule has 0 amide bonds. The third-order valence-electron chi connectivity index (χ3n) is 5.41. The van der Waals surface area contributed by atoms with Gasteiger partial charge in [0.25, 0.3) is 0 Å². The Labute approximate surface area is 162 Å². The first-order chi connectivity index (χ1) is 15.0. The van der Waals surface area contributed by atoms with Crippen molar-refractivity contribution >= 4 is 0 Å². The summed E-state index contributed by atoms with van der Waals surface area (Å²) in [5.41, 5.74) is 4.03. The van der Waals surface area contributed by atoms with Crippen LogP contribution in [0.3, 0.4) is 0 Å². The molecule has 0 saturated carbocycles. The number of hydrogen-bond donors (Lipinski definition) is 0. The molecule has 0 N–H and O–H groups in total. The van der Waals surface area contributed by atoms with E-state index in [1.807, 2.05) is 12.1 Å². The molecule has 26 heavy (non-hydrogen) atoms. The minimum Gasteiger partial charge on any atom is -0.493 e. The van der Waals surface area contributed by atoms with Gasteiger partial charge >= 0.3 is 0 Å². The Morgan fingerprint density at radius 1 is 0.962 bits per heavy atom. The van der Waals surface area contributed by atoms with Gasteiger partial charge in [0.05, 0.1) is 36.5 Å². The molecule has 2 aliphatic heterocycles. The molecule has 0 radical (unpaired) electrons. The van der Waals surface area contributed by atoms with Gasteiger partial charge in [-0.2, -0.15) is 0 Å². The van der Waals surface area contributed by atoms with E-state index in [2.05, 4.69) is 4.90 Å². The first-order valence-electron chi connectivity index (χ1n) is 11.5. The van der Waals surface area contributed by atoms with Crippen molar-refractivity contribution in [2.45, 2.75) is 25.4 Å². The predicted molar refractivity (Wildman–Crippen MR) is 99.7 cm³/mol. The minimum absolute atomic E-state index is 0.0233. The van der Waals surface area contributed by atoms with Crippen LogP contribution in [-0.4, -0.2) is 39.7 Å². The normalized spacial score (nSPS) is 22.8. The van der Waals surface area contributed by atoms with Gasteiger partial charge in [-0.15, -0.1) is 0 Å². The van der Waals surface area contributed by atoms with Crippen molar-refractivity contribution in [1.82, 2.24) is 4.90 Å². The monoisotopic (exact) mass is 361 g/mol. The third kappa shape index (κ3) is 2.58. The van der Waals surface area contributed by atoms with Crippen LogP contribution in [-0.2, 0) is 19.4 Å². The Kier molecular flexibility index (Phi) is 2.93. The molecule has 5 nitrogen and oxygen atoms in total. The fourth-order valence-electron chi connectivity index (χ4n) is 4.16. The van der Waals surface area contributed by atoms with Crippen LogP contribution >= 0.6 is 0 Å². The van der Waals surface area contributed by atoms with Gasteiger partial charge in [-0.1, -0.05) is 6.07 Å². The van der Waals surface area contributed by atoms with Crippen LogP contribution in [0.1, 0.15) is 36.5 Å². The van der Waals surface area contributed by atoms with Crippen molar-refractivity contribution in [1.29, 1.82) is 0 Å². The number of benzene rings is 2. The molecule has 2 aromatic rings. The zero-order valence-corrected chi connectivity index (χ0v) is 14.8. The second-order valence-electron chi connectivity index (χ2n) is 6.58. The summed E-state index contributed by atoms with van der Waals surface area (Å²) in [6.07, 6.45) is 1.42. The Morgan fingerprint density at radius 3 is 2.54 bits per heavy atom. The summed E-state index contributed by atoms with van der Waals surface area (Å²) in [6, 6.07) is 7.15. The van der Waals surface area contributed by atoms with E-state index in [-0.39, 0.29) is 17.5 Å². The molecule has 2 aliphatic rings. The maximum atomic E-state index is 7.47. The zero-order chi connectivity index (χ0) is 23.3. The first-order valence-corrected chi connectivity index (χ1v) is 8.50. The number of ether oxygens (including phenoxy) is 4. The molecule has 2 aromatic carbocycles. The Balaban J connectivity index is 1.72. The Morgan fingerprint density at radius 2 is 1.77 bits per heavy atom. The van der Waals surface area contributed by atoms with Crippen LogP contribution in [0.4, 0.5) is 0 Å². The van der Waals surface area contributed by atoms with Crippen molar-refractivity contribution in [3.8, 4) is 23.0 Å². The maximum Gasteiger partial charge on any atom is 0.165 e. The molecule has 138 valence electrons. The lowest BCUT2D eigenvalue weighted by atomic mass is 9.83. The molecule has 1 unspecified atom stereocenters. The van der Waals surface area contributed by atoms with E-state index in [1.165, 1.54) is 14.2 Å². The molecular weight excluding hydrogens is 330 g/mol. The van der Waals surface area contributed by atoms with Gasteiger partial charge < -0.3 is 18.9 Å². The molecule has 0 bridgehead atoms. The molecule has 0 saturated heterocycles. The highest BCUT2D eigenvalue weighted by molar-refractivity contribution is 5.54. The topological polar surface area (TPSA) is 40.2 Å². The lowest BCUT2D eigenvalue weighted by Gasteiger charge is -2.42. The smallest absolute Gasteiger partial charge is 0.165 e. The summed E-state index contributed by atoms with van der Waals surface area (Å²) >= 11 is 0. The average molecular weight is 361 g/mol. The van der Waals surface area contributed by atoms with Gasteiger partial charge in [0.15, 0.2) is 23.0 Å². The van der Waals surface area contributed by atoms with E-state index < -0.39 is 14.1 Å². The lowest BCUT2D eigenvalue weighted by Crippen LogP contribution is -2.39. The molecule has 0 fully saturated rings. The van der Waals surface area contributed by atoms with Crippen LogP contribution in [0.25, 0.3) is 0 Å². The number of methoxy groups -OCH3 is 4. The highest BCUT2D eigenvalue weighted by atomic mass is 16.5. The maximum absolute atomic E-state index is 7.47. The van der Waals surface area contributed by atoms with Crippen molar-refractivity contribution in [2.75, 3.05) is 34.8 Å². The van der Waals surface area contributed by atoms with E-state index in [0.29, 0.717) is 24.5 Å². The molecule has 1 atom stereocenters. The van der Waals surface area contributed by atoms with Gasteiger partial charge in [-0.25, -0.2) is 0 Å². The van der Waals surface area contributed by atoms with Crippen LogP contribution in [0.2, 0.25) is 0 Å². The van der Waals surface area contributed by atoms with Gasteiger partial charge in [-0.05, 0) is 47.7 Å². The fourth-order valence-corrected chi connectivity index (χ4v) is 4.16. The largest absolute Gasteiger partial charge is 0.493 e. The number of fused-ring (bicyclic) bond motifs is 4. The van der Waals surface area contributed by atoms with E-state index >= 15 is 0 Å². The van der Waals surface area contributed by atoms with Crippen LogP contribution in [0.15, 0.2) is 24.3 Å². The molecule has 4 rings (SSSR count). The van der Waals surface area contributed by atoms with Crippen molar-refractivity contribution in [2.24, 2.45) is 0 Å². The van der Waals surface area contributed by atoms with E-state index in [0.717, 1.165) is 35.2 Å². The summed E-state index contributed by atoms with van der Waals surface area (Å²) < 4.78 is 65.9. The summed E-state index contributed by atoms with van der Waals surface area (Å²) in [5.74, 6) is 1.22. The second kappa shape index (κ2) is 6.72. The molecule has 2 heterocycles. The van der Waals surface area contributed by atoms with Crippen LogP contribution in [0.5, 0.6) is 23.0 Å². The van der Waals surface area contributed by atoms with Gasteiger partial charge in [0.1, 0.15) is 0 Å². The molecule has 0 spiro atoms. The summed E-state index contributed by atoms with van der Waals surface area (Å²) in [5, 5.41) is 0. The van der Waals surface area contributed by atoms with E-state index in [1.54, 1.807) is 12.1 Å². The molecule has 5 heteroatoms. The zero-order valence-electron chi connectivity index (χ0n) is 20.8. The summed E-state index contributed by atoms with van der Waals surface area (Å²) in [6.45, 7) is 1.34. The Hall–Kier alpha value is -2.40. The Bertz CT molecular complexity index is 1020. The van der Waals surface area contributed by atoms with Gasteiger partial charge in [0.2, 0.25) is 0 Å². The standard InChI is InChI=1S/C21H25NO4/c1-23-18-6-5-13-9-17-15-11-20(25-3)19(24-2)10-14(15)7-8-22(17)12-16(13)21(18)26-4/h5-6,10-11,17H,7-9,12H2,1-4H3/i1D3,3D3. The third-order valence-corrected chi connectivity index (χ3v) is 5.41. The minimum atomic E-state index is -2.58. The van der Waals surface area contributed by atoms with Crippen LogP contribution < -0.4 is 18.9 Å². The summed E-state index contributed by atoms with van der Waals surface area (Å²) in [7, 11) is -2.15. The number of rotatable bonds is 4.